The molecule has 0 aliphatic heterocycles. The topological polar surface area (TPSA) is 0 Å². The molecule has 3 rings (SSSR count). The van der Waals surface area contributed by atoms with Gasteiger partial charge >= 0.3 is 37.9 Å². The van der Waals surface area contributed by atoms with E-state index in [0.29, 0.717) is 0 Å². The number of allylic oxidation sites excluding steroid dienone is 12. The fourth-order valence-electron chi connectivity index (χ4n) is 4.53. The van der Waals surface area contributed by atoms with E-state index in [0.717, 1.165) is 6.42 Å². The molecule has 3 heteroatoms. The van der Waals surface area contributed by atoms with Crippen LogP contribution in [0.1, 0.15) is 75.7 Å². The summed E-state index contributed by atoms with van der Waals surface area (Å²) < 4.78 is 0. The Bertz CT molecular complexity index is 730. The molecule has 0 heterocycles. The molecule has 3 aliphatic rings. The van der Waals surface area contributed by atoms with Crippen LogP contribution in [0.15, 0.2) is 62.8 Å². The van der Waals surface area contributed by atoms with Crippen LogP contribution in [0.5, 0.6) is 0 Å². The van der Waals surface area contributed by atoms with Gasteiger partial charge in [0.05, 0.1) is 0 Å². The van der Waals surface area contributed by atoms with Crippen LogP contribution in [-0.4, -0.2) is 0 Å². The van der Waals surface area contributed by atoms with Gasteiger partial charge in [-0.1, -0.05) is 38.8 Å². The van der Waals surface area contributed by atoms with Crippen LogP contribution in [0.2, 0.25) is 0 Å². The number of hydrogen-bond donors (Lipinski definition) is 0. The molecule has 0 aromatic rings. The van der Waals surface area contributed by atoms with Crippen molar-refractivity contribution in [2.75, 3.05) is 0 Å². The quantitative estimate of drug-likeness (QED) is 0.317. The van der Waals surface area contributed by atoms with Gasteiger partial charge in [0.2, 0.25) is 0 Å². The summed E-state index contributed by atoms with van der Waals surface area (Å²) in [5.41, 5.74) is 12.5. The maximum absolute atomic E-state index is 4.93. The van der Waals surface area contributed by atoms with Crippen molar-refractivity contribution < 1.29 is 20.8 Å². The Morgan fingerprint density at radius 3 is 1.25 bits per heavy atom. The average Bonchev–Trinajstić information content (AvgIpc) is 3.28. The van der Waals surface area contributed by atoms with Gasteiger partial charge < -0.3 is 0 Å². The molecule has 0 radical (unpaired) electrons. The van der Waals surface area contributed by atoms with E-state index < -0.39 is 20.8 Å². The fourth-order valence-corrected chi connectivity index (χ4v) is 4.53. The van der Waals surface area contributed by atoms with Crippen LogP contribution < -0.4 is 0 Å². The third-order valence-corrected chi connectivity index (χ3v) is 6.96. The van der Waals surface area contributed by atoms with Crippen LogP contribution in [0.25, 0.3) is 0 Å². The number of rotatable bonds is 1. The van der Waals surface area contributed by atoms with Gasteiger partial charge in [0, 0.05) is 10.8 Å². The minimum atomic E-state index is -0.826. The fraction of sp³-hybridized carbons (Fsp3) is 0.520. The molecule has 0 nitrogen and oxygen atoms in total. The molecule has 154 valence electrons. The average molecular weight is 498 g/mol. The third-order valence-electron chi connectivity index (χ3n) is 6.96. The summed E-state index contributed by atoms with van der Waals surface area (Å²) in [6.45, 7) is 23.3. The first-order chi connectivity index (χ1) is 12.9. The van der Waals surface area contributed by atoms with Crippen molar-refractivity contribution in [3.8, 4) is 0 Å². The molecule has 0 amide bonds. The maximum atomic E-state index is 4.93. The summed E-state index contributed by atoms with van der Waals surface area (Å²) in [6, 6.07) is 0. The molecule has 0 saturated heterocycles. The predicted molar refractivity (Wildman–Crippen MR) is 123 cm³/mol. The standard InChI is InChI=1S/C20H30.C5H5.2ClH.Zr/c1-11-13(3)17(19(7,8)15(11)5)18-14(4)12(2)16(6)20(18,9)10;1-2-4-5-3-1;;;/h1-10H3;1-3H,4H2;2*1H;/q;-1;;;+2/p-2. The van der Waals surface area contributed by atoms with Gasteiger partial charge in [-0.2, -0.15) is 6.08 Å². The van der Waals surface area contributed by atoms with Crippen LogP contribution in [0.4, 0.5) is 0 Å². The molecule has 0 saturated carbocycles. The van der Waals surface area contributed by atoms with E-state index >= 15 is 0 Å². The van der Waals surface area contributed by atoms with Crippen LogP contribution in [-0.2, 0) is 20.8 Å². The van der Waals surface area contributed by atoms with Crippen molar-refractivity contribution in [1.29, 1.82) is 0 Å². The van der Waals surface area contributed by atoms with Gasteiger partial charge in [0.15, 0.2) is 0 Å². The van der Waals surface area contributed by atoms with E-state index in [4.69, 9.17) is 17.0 Å². The van der Waals surface area contributed by atoms with Gasteiger partial charge in [-0.05, 0) is 75.0 Å². The summed E-state index contributed by atoms with van der Waals surface area (Å²) in [5.74, 6) is 0. The molecule has 0 fully saturated rings. The van der Waals surface area contributed by atoms with Crippen LogP contribution >= 0.6 is 17.0 Å². The van der Waals surface area contributed by atoms with Crippen molar-refractivity contribution in [2.45, 2.75) is 75.7 Å². The normalized spacial score (nSPS) is 21.9. The van der Waals surface area contributed by atoms with E-state index in [2.05, 4.69) is 81.4 Å². The van der Waals surface area contributed by atoms with Crippen molar-refractivity contribution in [3.05, 3.63) is 68.9 Å². The van der Waals surface area contributed by atoms with Crippen molar-refractivity contribution >= 4 is 17.0 Å². The zero-order valence-electron chi connectivity index (χ0n) is 19.2. The molecule has 0 spiro atoms. The molecular weight excluding hydrogens is 462 g/mol. The molecule has 0 aromatic heterocycles. The Hall–Kier alpha value is -0.0969. The Balaban J connectivity index is 0.000000409. The molecular formula is C25H35Cl2Zr-. The van der Waals surface area contributed by atoms with Crippen molar-refractivity contribution in [1.82, 2.24) is 0 Å². The molecule has 0 atom stereocenters. The van der Waals surface area contributed by atoms with E-state index in [9.17, 15) is 0 Å². The number of halogens is 2. The summed E-state index contributed by atoms with van der Waals surface area (Å²) in [5, 5.41) is 0. The van der Waals surface area contributed by atoms with E-state index in [1.54, 1.807) is 11.1 Å². The van der Waals surface area contributed by atoms with Crippen LogP contribution in [0.3, 0.4) is 0 Å². The Kier molecular flexibility index (Phi) is 9.52. The SMILES string of the molecule is CC1=C(C)C(C)(C)C(C2=C(C)C(C)=C(C)C2(C)C)=C1C.[C-]1=CC=CC1.[Cl][Zr][Cl]. The second kappa shape index (κ2) is 10.3. The summed E-state index contributed by atoms with van der Waals surface area (Å²) in [4.78, 5) is 0. The monoisotopic (exact) mass is 495 g/mol. The van der Waals surface area contributed by atoms with E-state index in [1.807, 2.05) is 12.2 Å². The number of hydrogen-bond acceptors (Lipinski definition) is 0. The Morgan fingerprint density at radius 1 is 0.750 bits per heavy atom. The van der Waals surface area contributed by atoms with Gasteiger partial charge in [-0.15, -0.1) is 6.42 Å². The Labute approximate surface area is 192 Å². The van der Waals surface area contributed by atoms with E-state index in [-0.39, 0.29) is 10.8 Å². The molecule has 0 N–H and O–H groups in total. The second-order valence-electron chi connectivity index (χ2n) is 8.82. The minimum absolute atomic E-state index is 0.160. The van der Waals surface area contributed by atoms with E-state index in [1.165, 1.54) is 33.4 Å². The Morgan fingerprint density at radius 2 is 1.11 bits per heavy atom. The molecule has 28 heavy (non-hydrogen) atoms. The first-order valence-electron chi connectivity index (χ1n) is 9.85. The van der Waals surface area contributed by atoms with Gasteiger partial charge in [0.1, 0.15) is 0 Å². The molecule has 0 aromatic carbocycles. The first kappa shape index (κ1) is 25.9. The molecule has 0 unspecified atom stereocenters. The van der Waals surface area contributed by atoms with Crippen molar-refractivity contribution in [3.63, 3.8) is 0 Å². The first-order valence-corrected chi connectivity index (χ1v) is 16.2. The third kappa shape index (κ3) is 4.96. The van der Waals surface area contributed by atoms with Gasteiger partial charge in [0.25, 0.3) is 0 Å². The molecule has 0 bridgehead atoms. The summed E-state index contributed by atoms with van der Waals surface area (Å²) in [6.07, 6.45) is 10.0. The summed E-state index contributed by atoms with van der Waals surface area (Å²) >= 11 is -0.826. The zero-order chi connectivity index (χ0) is 21.9. The molecule has 3 aliphatic carbocycles. The predicted octanol–water partition coefficient (Wildman–Crippen LogP) is 9.05. The van der Waals surface area contributed by atoms with Gasteiger partial charge in [-0.25, -0.2) is 12.2 Å². The van der Waals surface area contributed by atoms with Gasteiger partial charge in [-0.3, -0.25) is 6.08 Å². The summed E-state index contributed by atoms with van der Waals surface area (Å²) in [7, 11) is 9.87. The van der Waals surface area contributed by atoms with Crippen molar-refractivity contribution in [2.24, 2.45) is 10.8 Å². The zero-order valence-corrected chi connectivity index (χ0v) is 23.2. The second-order valence-corrected chi connectivity index (χ2v) is 12.6. The van der Waals surface area contributed by atoms with Crippen LogP contribution in [0, 0.1) is 16.9 Å².